The summed E-state index contributed by atoms with van der Waals surface area (Å²) in [6.07, 6.45) is 0. The second kappa shape index (κ2) is 7.67. The maximum atomic E-state index is 14.2. The zero-order valence-corrected chi connectivity index (χ0v) is 16.2. The van der Waals surface area contributed by atoms with E-state index in [4.69, 9.17) is 0 Å². The summed E-state index contributed by atoms with van der Waals surface area (Å²) in [5.41, 5.74) is 8.47. The number of rotatable bonds is 4. The zero-order chi connectivity index (χ0) is 20.4. The Balaban J connectivity index is 1.71. The molecule has 2 heterocycles. The number of nitrogens with one attached hydrogen (secondary N) is 2. The summed E-state index contributed by atoms with van der Waals surface area (Å²) in [6.45, 7) is 7.20. The molecule has 0 saturated carbocycles. The first kappa shape index (κ1) is 19.3. The highest BCUT2D eigenvalue weighted by atomic mass is 19.1. The van der Waals surface area contributed by atoms with Gasteiger partial charge in [-0.1, -0.05) is 12.1 Å². The summed E-state index contributed by atoms with van der Waals surface area (Å²) in [6, 6.07) is 9.88. The lowest BCUT2D eigenvalue weighted by Gasteiger charge is -2.11. The Labute approximate surface area is 162 Å². The van der Waals surface area contributed by atoms with E-state index < -0.39 is 11.8 Å². The van der Waals surface area contributed by atoms with Crippen molar-refractivity contribution >= 4 is 11.8 Å². The van der Waals surface area contributed by atoms with Crippen LogP contribution in [-0.2, 0) is 11.3 Å². The Hall–Kier alpha value is -3.42. The third-order valence-electron chi connectivity index (χ3n) is 4.48. The van der Waals surface area contributed by atoms with Crippen LogP contribution in [0.25, 0.3) is 5.69 Å². The van der Waals surface area contributed by atoms with Gasteiger partial charge < -0.3 is 4.57 Å². The van der Waals surface area contributed by atoms with Crippen molar-refractivity contribution in [2.45, 2.75) is 34.2 Å². The first-order valence-corrected chi connectivity index (χ1v) is 8.82. The molecule has 3 rings (SSSR count). The first-order valence-electron chi connectivity index (χ1n) is 8.82. The minimum atomic E-state index is -0.475. The van der Waals surface area contributed by atoms with Gasteiger partial charge in [0.25, 0.3) is 11.8 Å². The van der Waals surface area contributed by atoms with Gasteiger partial charge >= 0.3 is 0 Å². The summed E-state index contributed by atoms with van der Waals surface area (Å²) in [7, 11) is 0. The monoisotopic (exact) mass is 383 g/mol. The number of carbonyl (C=O) groups is 2. The second-order valence-corrected chi connectivity index (χ2v) is 6.66. The number of carbonyl (C=O) groups excluding carboxylic acids is 2. The summed E-state index contributed by atoms with van der Waals surface area (Å²) >= 11 is 0. The van der Waals surface area contributed by atoms with Crippen LogP contribution in [-0.4, -0.2) is 26.2 Å². The van der Waals surface area contributed by atoms with Crippen molar-refractivity contribution in [1.82, 2.24) is 25.2 Å². The molecule has 2 N–H and O–H groups in total. The number of halogens is 1. The third kappa shape index (κ3) is 3.80. The fraction of sp³-hybridized carbons (Fsp3) is 0.250. The molecular weight excluding hydrogens is 361 g/mol. The average molecular weight is 383 g/mol. The zero-order valence-electron chi connectivity index (χ0n) is 16.2. The fourth-order valence-electron chi connectivity index (χ4n) is 3.20. The molecule has 3 aromatic rings. The van der Waals surface area contributed by atoms with Gasteiger partial charge in [0.15, 0.2) is 0 Å². The minimum Gasteiger partial charge on any atom is -0.315 e. The second-order valence-electron chi connectivity index (χ2n) is 6.66. The SMILES string of the molecule is Cc1cc(C)n(CC(=O)NNC(=O)c2cc(C)n(-c3ccccc3F)c2C)n1. The van der Waals surface area contributed by atoms with Crippen molar-refractivity contribution in [3.63, 3.8) is 0 Å². The van der Waals surface area contributed by atoms with Crippen LogP contribution >= 0.6 is 0 Å². The van der Waals surface area contributed by atoms with Gasteiger partial charge in [0.05, 0.1) is 16.9 Å². The number of hydrogen-bond acceptors (Lipinski definition) is 3. The smallest absolute Gasteiger partial charge is 0.271 e. The average Bonchev–Trinajstić information content (AvgIpc) is 3.11. The van der Waals surface area contributed by atoms with Gasteiger partial charge in [-0.05, 0) is 52.0 Å². The highest BCUT2D eigenvalue weighted by Gasteiger charge is 2.19. The van der Waals surface area contributed by atoms with Gasteiger partial charge in [-0.15, -0.1) is 0 Å². The molecular formula is C20H22FN5O2. The van der Waals surface area contributed by atoms with Crippen molar-refractivity contribution in [1.29, 1.82) is 0 Å². The van der Waals surface area contributed by atoms with Crippen LogP contribution in [0.5, 0.6) is 0 Å². The van der Waals surface area contributed by atoms with Crippen LogP contribution < -0.4 is 10.9 Å². The van der Waals surface area contributed by atoms with Crippen LogP contribution in [0.2, 0.25) is 0 Å². The van der Waals surface area contributed by atoms with E-state index in [9.17, 15) is 14.0 Å². The Morgan fingerprint density at radius 3 is 2.39 bits per heavy atom. The molecule has 0 aliphatic rings. The molecule has 0 atom stereocenters. The number of hydrogen-bond donors (Lipinski definition) is 2. The fourth-order valence-corrected chi connectivity index (χ4v) is 3.20. The summed E-state index contributed by atoms with van der Waals surface area (Å²) in [5.74, 6) is -1.26. The number of para-hydroxylation sites is 1. The van der Waals surface area contributed by atoms with Crippen LogP contribution in [0.4, 0.5) is 4.39 Å². The number of hydrazine groups is 1. The van der Waals surface area contributed by atoms with Gasteiger partial charge in [-0.2, -0.15) is 5.10 Å². The standard InChI is InChI=1S/C20H22FN5O2/c1-12-9-13(2)25(24-12)11-19(27)22-23-20(28)16-10-14(3)26(15(16)4)18-8-6-5-7-17(18)21/h5-10H,11H2,1-4H3,(H,22,27)(H,23,28). The Kier molecular flexibility index (Phi) is 5.30. The summed E-state index contributed by atoms with van der Waals surface area (Å²) in [5, 5.41) is 4.21. The topological polar surface area (TPSA) is 81.0 Å². The van der Waals surface area contributed by atoms with Gasteiger partial charge in [0.2, 0.25) is 0 Å². The molecule has 7 nitrogen and oxygen atoms in total. The van der Waals surface area contributed by atoms with Gasteiger partial charge in [-0.25, -0.2) is 4.39 Å². The first-order chi connectivity index (χ1) is 13.3. The number of nitrogens with zero attached hydrogens (tertiary/aromatic N) is 3. The summed E-state index contributed by atoms with van der Waals surface area (Å²) < 4.78 is 17.4. The van der Waals surface area contributed by atoms with E-state index in [1.807, 2.05) is 19.9 Å². The lowest BCUT2D eigenvalue weighted by molar-refractivity contribution is -0.122. The van der Waals surface area contributed by atoms with Gasteiger partial charge in [-0.3, -0.25) is 25.1 Å². The number of amides is 2. The van der Waals surface area contributed by atoms with E-state index in [0.29, 0.717) is 22.6 Å². The molecule has 2 amide bonds. The van der Waals surface area contributed by atoms with E-state index in [1.165, 1.54) is 6.07 Å². The van der Waals surface area contributed by atoms with Crippen LogP contribution in [0, 0.1) is 33.5 Å². The van der Waals surface area contributed by atoms with E-state index in [0.717, 1.165) is 11.4 Å². The lowest BCUT2D eigenvalue weighted by atomic mass is 10.2. The quantitative estimate of drug-likeness (QED) is 0.680. The molecule has 28 heavy (non-hydrogen) atoms. The molecule has 146 valence electrons. The van der Waals surface area contributed by atoms with E-state index >= 15 is 0 Å². The normalized spacial score (nSPS) is 10.8. The van der Waals surface area contributed by atoms with Crippen LogP contribution in [0.15, 0.2) is 36.4 Å². The molecule has 0 fully saturated rings. The molecule has 2 aromatic heterocycles. The van der Waals surface area contributed by atoms with Crippen LogP contribution in [0.1, 0.15) is 33.1 Å². The highest BCUT2D eigenvalue weighted by molar-refractivity contribution is 5.97. The Morgan fingerprint density at radius 2 is 1.75 bits per heavy atom. The summed E-state index contributed by atoms with van der Waals surface area (Å²) in [4.78, 5) is 24.6. The molecule has 1 aromatic carbocycles. The van der Waals surface area contributed by atoms with E-state index in [2.05, 4.69) is 16.0 Å². The largest absolute Gasteiger partial charge is 0.315 e. The molecule has 8 heteroatoms. The maximum absolute atomic E-state index is 14.2. The number of aromatic nitrogens is 3. The Bertz CT molecular complexity index is 1050. The number of benzene rings is 1. The molecule has 0 unspecified atom stereocenters. The highest BCUT2D eigenvalue weighted by Crippen LogP contribution is 2.22. The molecule has 0 radical (unpaired) electrons. The minimum absolute atomic E-state index is 0.00575. The predicted molar refractivity (Wildman–Crippen MR) is 103 cm³/mol. The van der Waals surface area contributed by atoms with Crippen molar-refractivity contribution in [2.24, 2.45) is 0 Å². The maximum Gasteiger partial charge on any atom is 0.271 e. The van der Waals surface area contributed by atoms with Gasteiger partial charge in [0, 0.05) is 17.1 Å². The van der Waals surface area contributed by atoms with Crippen molar-refractivity contribution in [3.05, 3.63) is 70.6 Å². The molecule has 0 saturated heterocycles. The van der Waals surface area contributed by atoms with Gasteiger partial charge in [0.1, 0.15) is 12.4 Å². The van der Waals surface area contributed by atoms with E-state index in [1.54, 1.807) is 47.4 Å². The van der Waals surface area contributed by atoms with Crippen molar-refractivity contribution in [2.75, 3.05) is 0 Å². The molecule has 0 spiro atoms. The van der Waals surface area contributed by atoms with Crippen molar-refractivity contribution in [3.8, 4) is 5.69 Å². The predicted octanol–water partition coefficient (Wildman–Crippen LogP) is 2.51. The lowest BCUT2D eigenvalue weighted by Crippen LogP contribution is -2.43. The van der Waals surface area contributed by atoms with Crippen LogP contribution in [0.3, 0.4) is 0 Å². The van der Waals surface area contributed by atoms with E-state index in [-0.39, 0.29) is 12.4 Å². The molecule has 0 aliphatic heterocycles. The Morgan fingerprint density at radius 1 is 1.04 bits per heavy atom. The van der Waals surface area contributed by atoms with Crippen molar-refractivity contribution < 1.29 is 14.0 Å². The molecule has 0 bridgehead atoms. The molecule has 0 aliphatic carbocycles. The number of aryl methyl sites for hydroxylation is 3. The third-order valence-corrected chi connectivity index (χ3v) is 4.48.